The predicted octanol–water partition coefficient (Wildman–Crippen LogP) is -0.238. The van der Waals surface area contributed by atoms with E-state index >= 15 is 0 Å². The highest BCUT2D eigenvalue weighted by molar-refractivity contribution is 5.78. The molecule has 0 radical (unpaired) electrons. The molecule has 5 heteroatoms. The quantitative estimate of drug-likeness (QED) is 0.595. The van der Waals surface area contributed by atoms with Crippen molar-refractivity contribution >= 4 is 5.91 Å². The first kappa shape index (κ1) is 15.3. The summed E-state index contributed by atoms with van der Waals surface area (Å²) in [6, 6.07) is 0. The molecule has 0 aliphatic carbocycles. The zero-order valence-corrected chi connectivity index (χ0v) is 10.7. The first-order chi connectivity index (χ1) is 7.69. The van der Waals surface area contributed by atoms with Crippen LogP contribution in [0, 0.1) is 0 Å². The maximum Gasteiger partial charge on any atom is 0.236 e. The lowest BCUT2D eigenvalue weighted by Gasteiger charge is -2.25. The first-order valence-electron chi connectivity index (χ1n) is 5.88. The molecule has 16 heavy (non-hydrogen) atoms. The largest absolute Gasteiger partial charge is 0.383 e. The van der Waals surface area contributed by atoms with E-state index in [1.165, 1.54) is 0 Å². The minimum absolute atomic E-state index is 0.162. The fourth-order valence-electron chi connectivity index (χ4n) is 1.54. The smallest absolute Gasteiger partial charge is 0.236 e. The first-order valence-corrected chi connectivity index (χ1v) is 5.88. The molecule has 96 valence electrons. The molecule has 5 nitrogen and oxygen atoms in total. The van der Waals surface area contributed by atoms with Crippen molar-refractivity contribution in [3.8, 4) is 0 Å². The molecule has 1 amide bonds. The van der Waals surface area contributed by atoms with E-state index in [1.807, 2.05) is 23.6 Å². The van der Waals surface area contributed by atoms with Gasteiger partial charge in [0.25, 0.3) is 0 Å². The van der Waals surface area contributed by atoms with E-state index in [0.29, 0.717) is 19.7 Å². The van der Waals surface area contributed by atoms with Gasteiger partial charge in [-0.3, -0.25) is 9.69 Å². The number of nitrogens with zero attached hydrogens (tertiary/aromatic N) is 2. The Morgan fingerprint density at radius 3 is 2.31 bits per heavy atom. The highest BCUT2D eigenvalue weighted by Crippen LogP contribution is 1.94. The van der Waals surface area contributed by atoms with Crippen molar-refractivity contribution in [2.75, 3.05) is 53.0 Å². The third kappa shape index (κ3) is 6.05. The van der Waals surface area contributed by atoms with Gasteiger partial charge in [0.2, 0.25) is 5.91 Å². The molecule has 0 aliphatic rings. The fourth-order valence-corrected chi connectivity index (χ4v) is 1.54. The summed E-state index contributed by atoms with van der Waals surface area (Å²) in [5, 5.41) is 0. The van der Waals surface area contributed by atoms with Crippen LogP contribution in [-0.2, 0) is 9.53 Å². The summed E-state index contributed by atoms with van der Waals surface area (Å²) >= 11 is 0. The number of ether oxygens (including phenoxy) is 1. The Hall–Kier alpha value is -0.650. The minimum Gasteiger partial charge on any atom is -0.383 e. The molecule has 0 fully saturated rings. The molecule has 0 aliphatic heterocycles. The number of carbonyl (C=O) groups excluding carboxylic acids is 1. The molecule has 0 unspecified atom stereocenters. The Morgan fingerprint density at radius 2 is 1.88 bits per heavy atom. The summed E-state index contributed by atoms with van der Waals surface area (Å²) in [5.41, 5.74) is 5.51. The van der Waals surface area contributed by atoms with Crippen LogP contribution in [-0.4, -0.2) is 68.7 Å². The molecule has 0 aromatic heterocycles. The molecule has 2 N–H and O–H groups in total. The molecule has 0 heterocycles. The second-order valence-electron chi connectivity index (χ2n) is 3.62. The lowest BCUT2D eigenvalue weighted by atomic mass is 10.4. The zero-order valence-electron chi connectivity index (χ0n) is 10.7. The monoisotopic (exact) mass is 231 g/mol. The topological polar surface area (TPSA) is 58.8 Å². The van der Waals surface area contributed by atoms with Gasteiger partial charge in [0.05, 0.1) is 13.2 Å². The van der Waals surface area contributed by atoms with Crippen molar-refractivity contribution in [3.63, 3.8) is 0 Å². The Bertz CT molecular complexity index is 184. The van der Waals surface area contributed by atoms with Crippen LogP contribution in [0.1, 0.15) is 13.8 Å². The highest BCUT2D eigenvalue weighted by atomic mass is 16.5. The van der Waals surface area contributed by atoms with Gasteiger partial charge in [0.1, 0.15) is 0 Å². The van der Waals surface area contributed by atoms with Gasteiger partial charge in [-0.05, 0) is 13.8 Å². The fraction of sp³-hybridized carbons (Fsp3) is 0.909. The van der Waals surface area contributed by atoms with Gasteiger partial charge in [-0.15, -0.1) is 0 Å². The van der Waals surface area contributed by atoms with Crippen molar-refractivity contribution in [1.82, 2.24) is 9.80 Å². The van der Waals surface area contributed by atoms with E-state index in [-0.39, 0.29) is 5.91 Å². The average Bonchev–Trinajstić information content (AvgIpc) is 2.28. The van der Waals surface area contributed by atoms with Gasteiger partial charge in [-0.1, -0.05) is 0 Å². The van der Waals surface area contributed by atoms with Gasteiger partial charge in [0.15, 0.2) is 0 Å². The molecule has 0 atom stereocenters. The van der Waals surface area contributed by atoms with Crippen LogP contribution in [0.2, 0.25) is 0 Å². The third-order valence-corrected chi connectivity index (χ3v) is 2.53. The van der Waals surface area contributed by atoms with Crippen LogP contribution in [0.5, 0.6) is 0 Å². The summed E-state index contributed by atoms with van der Waals surface area (Å²) in [7, 11) is 1.66. The third-order valence-electron chi connectivity index (χ3n) is 2.53. The van der Waals surface area contributed by atoms with Gasteiger partial charge in [-0.25, -0.2) is 0 Å². The number of likely N-dealkylation sites (N-methyl/N-ethyl adjacent to an activating group) is 1. The number of rotatable bonds is 9. The Kier molecular flexibility index (Phi) is 9.18. The van der Waals surface area contributed by atoms with Crippen LogP contribution in [0.25, 0.3) is 0 Å². The van der Waals surface area contributed by atoms with Crippen LogP contribution < -0.4 is 5.73 Å². The average molecular weight is 231 g/mol. The van der Waals surface area contributed by atoms with Crippen molar-refractivity contribution in [2.45, 2.75) is 13.8 Å². The summed E-state index contributed by atoms with van der Waals surface area (Å²) in [4.78, 5) is 15.7. The van der Waals surface area contributed by atoms with Gasteiger partial charge >= 0.3 is 0 Å². The maximum absolute atomic E-state index is 11.9. The van der Waals surface area contributed by atoms with Crippen LogP contribution in [0.4, 0.5) is 0 Å². The van der Waals surface area contributed by atoms with E-state index in [0.717, 1.165) is 26.2 Å². The number of hydrogen-bond donors (Lipinski definition) is 1. The number of carbonyl (C=O) groups is 1. The lowest BCUT2D eigenvalue weighted by Crippen LogP contribution is -2.43. The van der Waals surface area contributed by atoms with E-state index < -0.39 is 0 Å². The van der Waals surface area contributed by atoms with Gasteiger partial charge in [-0.2, -0.15) is 0 Å². The zero-order chi connectivity index (χ0) is 12.4. The Morgan fingerprint density at radius 1 is 1.25 bits per heavy atom. The summed E-state index contributed by atoms with van der Waals surface area (Å²) < 4.78 is 5.01. The van der Waals surface area contributed by atoms with E-state index in [4.69, 9.17) is 10.5 Å². The standard InChI is InChI=1S/C11H25N3O2/c1-4-14(5-2)11(15)10-13(7-6-12)8-9-16-3/h4-10,12H2,1-3H3. The molecule has 0 bridgehead atoms. The molecule has 0 saturated carbocycles. The summed E-state index contributed by atoms with van der Waals surface area (Å²) in [6.07, 6.45) is 0. The van der Waals surface area contributed by atoms with Crippen molar-refractivity contribution in [1.29, 1.82) is 0 Å². The SMILES string of the molecule is CCN(CC)C(=O)CN(CCN)CCOC. The second kappa shape index (κ2) is 9.57. The van der Waals surface area contributed by atoms with Gasteiger partial charge < -0.3 is 15.4 Å². The molecule has 0 rings (SSSR count). The maximum atomic E-state index is 11.9. The molecule has 0 spiro atoms. The lowest BCUT2D eigenvalue weighted by molar-refractivity contribution is -0.132. The Labute approximate surface area is 98.5 Å². The highest BCUT2D eigenvalue weighted by Gasteiger charge is 2.14. The normalized spacial score (nSPS) is 10.8. The predicted molar refractivity (Wildman–Crippen MR) is 65.3 cm³/mol. The summed E-state index contributed by atoms with van der Waals surface area (Å²) in [5.74, 6) is 0.162. The Balaban J connectivity index is 4.09. The molecular weight excluding hydrogens is 206 g/mol. The number of methoxy groups -OCH3 is 1. The molecule has 0 aromatic carbocycles. The van der Waals surface area contributed by atoms with Crippen molar-refractivity contribution < 1.29 is 9.53 Å². The minimum atomic E-state index is 0.162. The van der Waals surface area contributed by atoms with E-state index in [9.17, 15) is 4.79 Å². The van der Waals surface area contributed by atoms with Gasteiger partial charge in [0, 0.05) is 39.8 Å². The van der Waals surface area contributed by atoms with Crippen LogP contribution >= 0.6 is 0 Å². The van der Waals surface area contributed by atoms with E-state index in [1.54, 1.807) is 7.11 Å². The number of amides is 1. The van der Waals surface area contributed by atoms with Crippen LogP contribution in [0.3, 0.4) is 0 Å². The molecule has 0 saturated heterocycles. The number of hydrogen-bond acceptors (Lipinski definition) is 4. The summed E-state index contributed by atoms with van der Waals surface area (Å²) in [6.45, 7) is 8.61. The molecular formula is C11H25N3O2. The van der Waals surface area contributed by atoms with Crippen molar-refractivity contribution in [3.05, 3.63) is 0 Å². The molecule has 0 aromatic rings. The van der Waals surface area contributed by atoms with Crippen LogP contribution in [0.15, 0.2) is 0 Å². The second-order valence-corrected chi connectivity index (χ2v) is 3.62. The van der Waals surface area contributed by atoms with Crippen molar-refractivity contribution in [2.24, 2.45) is 5.73 Å². The number of nitrogens with two attached hydrogens (primary N) is 1. The van der Waals surface area contributed by atoms with E-state index in [2.05, 4.69) is 0 Å².